The fourth-order valence-corrected chi connectivity index (χ4v) is 2.51. The van der Waals surface area contributed by atoms with E-state index in [1.54, 1.807) is 0 Å². The summed E-state index contributed by atoms with van der Waals surface area (Å²) in [6.07, 6.45) is -2.46. The van der Waals surface area contributed by atoms with Crippen molar-refractivity contribution in [2.75, 3.05) is 0 Å². The Morgan fingerprint density at radius 1 is 1.47 bits per heavy atom. The molecule has 0 aliphatic carbocycles. The van der Waals surface area contributed by atoms with Crippen LogP contribution in [0.2, 0.25) is 0 Å². The first-order valence-electron chi connectivity index (χ1n) is 3.40. The van der Waals surface area contributed by atoms with E-state index in [1.165, 1.54) is 0 Å². The summed E-state index contributed by atoms with van der Waals surface area (Å²) in [6, 6.07) is 0. The van der Waals surface area contributed by atoms with Crippen LogP contribution in [-0.2, 0) is 10.0 Å². The third-order valence-electron chi connectivity index (χ3n) is 1.45. The molecule has 0 saturated carbocycles. The average molecular weight is 305 g/mol. The van der Waals surface area contributed by atoms with Crippen LogP contribution in [0.4, 0.5) is 13.2 Å². The lowest BCUT2D eigenvalue weighted by Crippen LogP contribution is -2.16. The number of rotatable bonds is 2. The summed E-state index contributed by atoms with van der Waals surface area (Å²) in [7, 11) is -4.42. The first-order valence-corrected chi connectivity index (χ1v) is 5.74. The van der Waals surface area contributed by atoms with Crippen molar-refractivity contribution >= 4 is 26.0 Å². The van der Waals surface area contributed by atoms with Crippen molar-refractivity contribution in [1.82, 2.24) is 4.98 Å². The van der Waals surface area contributed by atoms with Crippen LogP contribution in [0.1, 0.15) is 12.1 Å². The van der Waals surface area contributed by atoms with Crippen LogP contribution in [-0.4, -0.2) is 13.4 Å². The predicted molar refractivity (Wildman–Crippen MR) is 48.2 cm³/mol. The highest BCUT2D eigenvalue weighted by Gasteiger charge is 2.26. The fourth-order valence-electron chi connectivity index (χ4n) is 0.876. The molecule has 0 aliphatic rings. The Labute approximate surface area is 91.5 Å². The average Bonchev–Trinajstić information content (AvgIpc) is 2.00. The maximum Gasteiger partial charge on any atom is 0.283 e. The first kappa shape index (κ1) is 12.4. The molecular weight excluding hydrogens is 301 g/mol. The lowest BCUT2D eigenvalue weighted by molar-refractivity contribution is 0.139. The number of hydrogen-bond donors (Lipinski definition) is 1. The predicted octanol–water partition coefficient (Wildman–Crippen LogP) is 1.57. The molecule has 84 valence electrons. The number of nitrogens with two attached hydrogens (primary N) is 1. The molecule has 0 radical (unpaired) electrons. The number of hydrogen-bond acceptors (Lipinski definition) is 3. The molecule has 9 heteroatoms. The molecule has 0 bridgehead atoms. The Hall–Kier alpha value is -0.670. The van der Waals surface area contributed by atoms with E-state index in [9.17, 15) is 21.6 Å². The minimum Gasteiger partial charge on any atom is -0.251 e. The molecule has 4 nitrogen and oxygen atoms in total. The topological polar surface area (TPSA) is 73.1 Å². The van der Waals surface area contributed by atoms with Crippen LogP contribution in [0.15, 0.2) is 15.6 Å². The van der Waals surface area contributed by atoms with Crippen LogP contribution in [0, 0.1) is 5.82 Å². The third kappa shape index (κ3) is 2.47. The van der Waals surface area contributed by atoms with Crippen LogP contribution in [0.5, 0.6) is 0 Å². The SMILES string of the molecule is NS(=O)(=O)c1c(Br)cnc(C(F)F)c1F. The van der Waals surface area contributed by atoms with E-state index in [-0.39, 0.29) is 4.47 Å². The summed E-state index contributed by atoms with van der Waals surface area (Å²) in [6.45, 7) is 0. The third-order valence-corrected chi connectivity index (χ3v) is 3.28. The molecule has 0 fully saturated rings. The van der Waals surface area contributed by atoms with E-state index in [4.69, 9.17) is 0 Å². The Kier molecular flexibility index (Phi) is 3.36. The Balaban J connectivity index is 3.59. The number of pyridine rings is 1. The van der Waals surface area contributed by atoms with Gasteiger partial charge in [0, 0.05) is 6.20 Å². The van der Waals surface area contributed by atoms with Gasteiger partial charge in [-0.3, -0.25) is 4.98 Å². The molecule has 0 saturated heterocycles. The zero-order valence-electron chi connectivity index (χ0n) is 6.92. The van der Waals surface area contributed by atoms with E-state index >= 15 is 0 Å². The van der Waals surface area contributed by atoms with Gasteiger partial charge in [0.15, 0.2) is 5.82 Å². The number of halogens is 4. The summed E-state index contributed by atoms with van der Waals surface area (Å²) in [5.74, 6) is -1.64. The van der Waals surface area contributed by atoms with E-state index in [1.807, 2.05) is 0 Å². The Bertz CT molecular complexity index is 491. The number of aromatic nitrogens is 1. The van der Waals surface area contributed by atoms with Gasteiger partial charge < -0.3 is 0 Å². The van der Waals surface area contributed by atoms with Crippen molar-refractivity contribution in [2.24, 2.45) is 5.14 Å². The highest BCUT2D eigenvalue weighted by atomic mass is 79.9. The second-order valence-corrected chi connectivity index (χ2v) is 4.83. The van der Waals surface area contributed by atoms with Crippen LogP contribution >= 0.6 is 15.9 Å². The Morgan fingerprint density at radius 3 is 2.40 bits per heavy atom. The van der Waals surface area contributed by atoms with Gasteiger partial charge in [0.2, 0.25) is 10.0 Å². The molecule has 1 aromatic rings. The lowest BCUT2D eigenvalue weighted by atomic mass is 10.3. The van der Waals surface area contributed by atoms with Gasteiger partial charge in [-0.25, -0.2) is 26.7 Å². The van der Waals surface area contributed by atoms with Gasteiger partial charge in [0.1, 0.15) is 10.6 Å². The fraction of sp³-hybridized carbons (Fsp3) is 0.167. The quantitative estimate of drug-likeness (QED) is 0.901. The maximum atomic E-state index is 13.2. The molecule has 0 unspecified atom stereocenters. The van der Waals surface area contributed by atoms with E-state index in [0.717, 1.165) is 6.20 Å². The summed E-state index contributed by atoms with van der Waals surface area (Å²) in [5, 5.41) is 4.66. The molecule has 0 amide bonds. The lowest BCUT2D eigenvalue weighted by Gasteiger charge is -2.06. The maximum absolute atomic E-state index is 13.2. The van der Waals surface area contributed by atoms with Crippen molar-refractivity contribution in [2.45, 2.75) is 11.3 Å². The monoisotopic (exact) mass is 304 g/mol. The second-order valence-electron chi connectivity index (χ2n) is 2.48. The normalized spacial score (nSPS) is 12.1. The van der Waals surface area contributed by atoms with Gasteiger partial charge >= 0.3 is 0 Å². The summed E-state index contributed by atoms with van der Waals surface area (Å²) in [5.41, 5.74) is -1.25. The van der Waals surface area contributed by atoms with Crippen LogP contribution in [0.25, 0.3) is 0 Å². The summed E-state index contributed by atoms with van der Waals surface area (Å²) >= 11 is 2.66. The van der Waals surface area contributed by atoms with Gasteiger partial charge in [0.05, 0.1) is 4.47 Å². The smallest absolute Gasteiger partial charge is 0.251 e. The molecule has 2 N–H and O–H groups in total. The van der Waals surface area contributed by atoms with E-state index < -0.39 is 32.9 Å². The van der Waals surface area contributed by atoms with Gasteiger partial charge in [0.25, 0.3) is 6.43 Å². The first-order chi connectivity index (χ1) is 6.75. The van der Waals surface area contributed by atoms with Gasteiger partial charge in [-0.2, -0.15) is 0 Å². The standard InChI is InChI=1S/C6H4BrF3N2O2S/c7-2-1-12-4(6(9)10)3(8)5(2)15(11,13)14/h1,6H,(H2,11,13,14). The van der Waals surface area contributed by atoms with Gasteiger partial charge in [-0.1, -0.05) is 0 Å². The molecule has 1 rings (SSSR count). The zero-order chi connectivity index (χ0) is 11.8. The summed E-state index contributed by atoms with van der Waals surface area (Å²) in [4.78, 5) is 2.04. The zero-order valence-corrected chi connectivity index (χ0v) is 9.32. The van der Waals surface area contributed by atoms with Crippen LogP contribution < -0.4 is 5.14 Å². The van der Waals surface area contributed by atoms with Gasteiger partial charge in [-0.05, 0) is 15.9 Å². The summed E-state index contributed by atoms with van der Waals surface area (Å²) < 4.78 is 59.1. The molecular formula is C6H4BrF3N2O2S. The van der Waals surface area contributed by atoms with Crippen molar-refractivity contribution < 1.29 is 21.6 Å². The molecule has 15 heavy (non-hydrogen) atoms. The highest BCUT2D eigenvalue weighted by molar-refractivity contribution is 9.10. The van der Waals surface area contributed by atoms with Crippen molar-refractivity contribution in [3.05, 3.63) is 22.2 Å². The molecule has 0 aliphatic heterocycles. The second kappa shape index (κ2) is 4.06. The highest BCUT2D eigenvalue weighted by Crippen LogP contribution is 2.29. The molecule has 1 aromatic heterocycles. The van der Waals surface area contributed by atoms with Crippen molar-refractivity contribution in [3.63, 3.8) is 0 Å². The van der Waals surface area contributed by atoms with Crippen molar-refractivity contribution in [3.8, 4) is 0 Å². The van der Waals surface area contributed by atoms with E-state index in [0.29, 0.717) is 0 Å². The van der Waals surface area contributed by atoms with Gasteiger partial charge in [-0.15, -0.1) is 0 Å². The van der Waals surface area contributed by atoms with Crippen LogP contribution in [0.3, 0.4) is 0 Å². The molecule has 1 heterocycles. The molecule has 0 atom stereocenters. The molecule has 0 spiro atoms. The minimum absolute atomic E-state index is 0.299. The number of alkyl halides is 2. The van der Waals surface area contributed by atoms with Crippen molar-refractivity contribution in [1.29, 1.82) is 0 Å². The molecule has 0 aromatic carbocycles. The minimum atomic E-state index is -4.42. The van der Waals surface area contributed by atoms with E-state index in [2.05, 4.69) is 26.1 Å². The Morgan fingerprint density at radius 2 is 2.00 bits per heavy atom. The number of nitrogens with zero attached hydrogens (tertiary/aromatic N) is 1. The number of primary sulfonamides is 1. The number of sulfonamides is 1. The largest absolute Gasteiger partial charge is 0.283 e.